The van der Waals surface area contributed by atoms with Gasteiger partial charge in [0.25, 0.3) is 0 Å². The number of carboxylic acid groups (broad SMARTS) is 1. The fraction of sp³-hybridized carbons (Fsp3) is 0.455. The van der Waals surface area contributed by atoms with Crippen LogP contribution in [0.2, 0.25) is 0 Å². The average molecular weight is 222 g/mol. The second-order valence-corrected chi connectivity index (χ2v) is 4.12. The number of hydrogen-bond donors (Lipinski definition) is 2. The Morgan fingerprint density at radius 2 is 2.19 bits per heavy atom. The first-order chi connectivity index (χ1) is 7.68. The summed E-state index contributed by atoms with van der Waals surface area (Å²) in [5, 5.41) is 9.08. The summed E-state index contributed by atoms with van der Waals surface area (Å²) in [5.74, 6) is -0.308. The van der Waals surface area contributed by atoms with E-state index < -0.39 is 5.97 Å². The molecule has 0 radical (unpaired) electrons. The van der Waals surface area contributed by atoms with Crippen LogP contribution in [0.4, 0.5) is 5.82 Å². The predicted molar refractivity (Wildman–Crippen MR) is 60.0 cm³/mol. The van der Waals surface area contributed by atoms with E-state index in [1.165, 1.54) is 4.90 Å². The topological polar surface area (TPSA) is 57.9 Å². The molecule has 2 N–H and O–H groups in total. The first kappa shape index (κ1) is 10.9. The van der Waals surface area contributed by atoms with Crippen molar-refractivity contribution < 1.29 is 14.8 Å². The highest BCUT2D eigenvalue weighted by Gasteiger charge is 2.22. The number of carbonyl (C=O) groups is 1. The predicted octanol–water partition coefficient (Wildman–Crippen LogP) is -0.885. The summed E-state index contributed by atoms with van der Waals surface area (Å²) >= 11 is 0. The van der Waals surface area contributed by atoms with Crippen molar-refractivity contribution in [1.82, 2.24) is 4.98 Å². The molecule has 5 heteroatoms. The Morgan fingerprint density at radius 3 is 2.81 bits per heavy atom. The van der Waals surface area contributed by atoms with Gasteiger partial charge in [0, 0.05) is 6.20 Å². The number of rotatable bonds is 2. The monoisotopic (exact) mass is 222 g/mol. The first-order valence-electron chi connectivity index (χ1n) is 5.43. The Kier molecular flexibility index (Phi) is 3.05. The number of aromatic carboxylic acids is 1. The molecule has 86 valence electrons. The molecule has 2 rings (SSSR count). The van der Waals surface area contributed by atoms with E-state index >= 15 is 0 Å². The highest BCUT2D eigenvalue weighted by Crippen LogP contribution is 2.16. The molecule has 1 aliphatic rings. The Bertz CT molecular complexity index is 387. The smallest absolute Gasteiger partial charge is 0.339 e. The van der Waals surface area contributed by atoms with Crippen LogP contribution in [-0.4, -0.2) is 49.3 Å². The summed E-state index contributed by atoms with van der Waals surface area (Å²) in [6, 6.07) is 3.27. The first-order valence-corrected chi connectivity index (χ1v) is 5.43. The van der Waals surface area contributed by atoms with Crippen LogP contribution in [0.25, 0.3) is 0 Å². The third-order valence-corrected chi connectivity index (χ3v) is 2.93. The molecule has 1 aromatic rings. The van der Waals surface area contributed by atoms with E-state index in [4.69, 9.17) is 5.11 Å². The molecule has 16 heavy (non-hydrogen) atoms. The van der Waals surface area contributed by atoms with E-state index in [2.05, 4.69) is 16.9 Å². The standard InChI is InChI=1S/C11H15N3O2/c1-13-5-7-14(8-6-13)10-9(11(15)16)3-2-4-12-10/h2-4H,5-8H2,1H3,(H,15,16)/p+1. The van der Waals surface area contributed by atoms with E-state index in [-0.39, 0.29) is 0 Å². The molecular weight excluding hydrogens is 206 g/mol. The SMILES string of the molecule is C[NH+]1CCN(c2ncccc2C(=O)O)CC1. The van der Waals surface area contributed by atoms with Crippen LogP contribution in [0.1, 0.15) is 10.4 Å². The minimum atomic E-state index is -0.908. The highest BCUT2D eigenvalue weighted by molar-refractivity contribution is 5.93. The summed E-state index contributed by atoms with van der Waals surface area (Å²) in [4.78, 5) is 18.8. The number of carboxylic acids is 1. The molecule has 5 nitrogen and oxygen atoms in total. The summed E-state index contributed by atoms with van der Waals surface area (Å²) in [6.45, 7) is 3.78. The van der Waals surface area contributed by atoms with Crippen molar-refractivity contribution in [3.63, 3.8) is 0 Å². The van der Waals surface area contributed by atoms with Gasteiger partial charge >= 0.3 is 5.97 Å². The largest absolute Gasteiger partial charge is 0.478 e. The van der Waals surface area contributed by atoms with Crippen LogP contribution in [0.3, 0.4) is 0 Å². The Labute approximate surface area is 94.3 Å². The molecule has 1 fully saturated rings. The van der Waals surface area contributed by atoms with E-state index in [1.807, 2.05) is 0 Å². The van der Waals surface area contributed by atoms with E-state index in [0.717, 1.165) is 26.2 Å². The van der Waals surface area contributed by atoms with Crippen molar-refractivity contribution >= 4 is 11.8 Å². The third kappa shape index (κ3) is 2.14. The van der Waals surface area contributed by atoms with Crippen LogP contribution in [0.5, 0.6) is 0 Å². The van der Waals surface area contributed by atoms with Crippen molar-refractivity contribution in [3.05, 3.63) is 23.9 Å². The lowest BCUT2D eigenvalue weighted by molar-refractivity contribution is -0.880. The van der Waals surface area contributed by atoms with Gasteiger partial charge in [0.2, 0.25) is 0 Å². The molecule has 0 spiro atoms. The molecule has 0 bridgehead atoms. The summed E-state index contributed by atoms with van der Waals surface area (Å²) < 4.78 is 0. The lowest BCUT2D eigenvalue weighted by Crippen LogP contribution is -3.12. The molecule has 2 heterocycles. The summed E-state index contributed by atoms with van der Waals surface area (Å²) in [6.07, 6.45) is 1.65. The lowest BCUT2D eigenvalue weighted by Gasteiger charge is -2.31. The van der Waals surface area contributed by atoms with Gasteiger partial charge < -0.3 is 14.9 Å². The zero-order chi connectivity index (χ0) is 11.5. The van der Waals surface area contributed by atoms with Crippen molar-refractivity contribution in [3.8, 4) is 0 Å². The quantitative estimate of drug-likeness (QED) is 0.682. The molecule has 0 aromatic carbocycles. The van der Waals surface area contributed by atoms with Gasteiger partial charge in [-0.2, -0.15) is 0 Å². The number of quaternary nitrogens is 1. The van der Waals surface area contributed by atoms with Crippen LogP contribution in [0, 0.1) is 0 Å². The zero-order valence-corrected chi connectivity index (χ0v) is 9.31. The molecule has 1 aliphatic heterocycles. The van der Waals surface area contributed by atoms with E-state index in [0.29, 0.717) is 11.4 Å². The minimum absolute atomic E-state index is 0.294. The number of nitrogens with one attached hydrogen (secondary N) is 1. The molecular formula is C11H16N3O2+. The molecule has 0 atom stereocenters. The summed E-state index contributed by atoms with van der Waals surface area (Å²) in [7, 11) is 2.15. The van der Waals surface area contributed by atoms with E-state index in [9.17, 15) is 4.79 Å². The summed E-state index contributed by atoms with van der Waals surface area (Å²) in [5.41, 5.74) is 0.294. The number of pyridine rings is 1. The Balaban J connectivity index is 2.23. The van der Waals surface area contributed by atoms with Crippen molar-refractivity contribution in [2.24, 2.45) is 0 Å². The van der Waals surface area contributed by atoms with Gasteiger partial charge in [-0.25, -0.2) is 9.78 Å². The maximum atomic E-state index is 11.1. The fourth-order valence-electron chi connectivity index (χ4n) is 1.92. The lowest BCUT2D eigenvalue weighted by atomic mass is 10.2. The van der Waals surface area contributed by atoms with E-state index in [1.54, 1.807) is 18.3 Å². The van der Waals surface area contributed by atoms with Gasteiger partial charge in [0.05, 0.1) is 33.2 Å². The van der Waals surface area contributed by atoms with Gasteiger partial charge in [-0.3, -0.25) is 0 Å². The van der Waals surface area contributed by atoms with Gasteiger partial charge in [0.1, 0.15) is 11.4 Å². The second kappa shape index (κ2) is 4.49. The van der Waals surface area contributed by atoms with Crippen molar-refractivity contribution in [2.75, 3.05) is 38.1 Å². The number of nitrogens with zero attached hydrogens (tertiary/aromatic N) is 2. The average Bonchev–Trinajstić information content (AvgIpc) is 2.30. The van der Waals surface area contributed by atoms with Crippen molar-refractivity contribution in [2.45, 2.75) is 0 Å². The fourth-order valence-corrected chi connectivity index (χ4v) is 1.92. The Hall–Kier alpha value is -1.62. The minimum Gasteiger partial charge on any atom is -0.478 e. The van der Waals surface area contributed by atoms with Crippen LogP contribution >= 0.6 is 0 Å². The van der Waals surface area contributed by atoms with Crippen LogP contribution in [0.15, 0.2) is 18.3 Å². The third-order valence-electron chi connectivity index (χ3n) is 2.93. The molecule has 0 aliphatic carbocycles. The highest BCUT2D eigenvalue weighted by atomic mass is 16.4. The second-order valence-electron chi connectivity index (χ2n) is 4.12. The van der Waals surface area contributed by atoms with Crippen LogP contribution < -0.4 is 9.80 Å². The van der Waals surface area contributed by atoms with Gasteiger partial charge in [-0.05, 0) is 12.1 Å². The number of likely N-dealkylation sites (N-methyl/N-ethyl adjacent to an activating group) is 1. The molecule has 1 saturated heterocycles. The van der Waals surface area contributed by atoms with Crippen LogP contribution in [-0.2, 0) is 0 Å². The number of anilines is 1. The normalized spacial score (nSPS) is 17.4. The molecule has 0 saturated carbocycles. The van der Waals surface area contributed by atoms with Gasteiger partial charge in [-0.1, -0.05) is 0 Å². The zero-order valence-electron chi connectivity index (χ0n) is 9.31. The number of aromatic nitrogens is 1. The number of hydrogen-bond acceptors (Lipinski definition) is 3. The van der Waals surface area contributed by atoms with Gasteiger partial charge in [-0.15, -0.1) is 0 Å². The van der Waals surface area contributed by atoms with Crippen molar-refractivity contribution in [1.29, 1.82) is 0 Å². The molecule has 0 amide bonds. The molecule has 1 aromatic heterocycles. The van der Waals surface area contributed by atoms with Gasteiger partial charge in [0.15, 0.2) is 0 Å². The maximum absolute atomic E-state index is 11.1. The Morgan fingerprint density at radius 1 is 1.50 bits per heavy atom. The maximum Gasteiger partial charge on any atom is 0.339 e. The number of piperazine rings is 1. The molecule has 0 unspecified atom stereocenters.